The molecule has 0 aliphatic carbocycles. The molecule has 0 amide bonds. The molecule has 2 rings (SSSR count). The Bertz CT molecular complexity index is 318. The van der Waals surface area contributed by atoms with Gasteiger partial charge in [0, 0.05) is 13.2 Å². The predicted octanol–water partition coefficient (Wildman–Crippen LogP) is 2.28. The Morgan fingerprint density at radius 2 is 2.14 bits per heavy atom. The van der Waals surface area contributed by atoms with Crippen LogP contribution in [-0.4, -0.2) is 25.0 Å². The van der Waals surface area contributed by atoms with Gasteiger partial charge in [0.25, 0.3) is 0 Å². The molecule has 74 valence electrons. The number of hydrogen-bond donors (Lipinski definition) is 0. The van der Waals surface area contributed by atoms with Crippen molar-refractivity contribution >= 4 is 5.71 Å². The molecule has 1 heterocycles. The van der Waals surface area contributed by atoms with Crippen molar-refractivity contribution in [3.8, 4) is 0 Å². The largest absolute Gasteiger partial charge is 0.372 e. The van der Waals surface area contributed by atoms with Crippen LogP contribution in [0.2, 0.25) is 0 Å². The van der Waals surface area contributed by atoms with Crippen LogP contribution in [0.5, 0.6) is 0 Å². The molecule has 0 aromatic heterocycles. The van der Waals surface area contributed by atoms with E-state index >= 15 is 0 Å². The second kappa shape index (κ2) is 4.38. The monoisotopic (exact) mass is 189 g/mol. The van der Waals surface area contributed by atoms with Gasteiger partial charge >= 0.3 is 0 Å². The Hall–Kier alpha value is -1.15. The van der Waals surface area contributed by atoms with Gasteiger partial charge in [0.2, 0.25) is 0 Å². The number of benzene rings is 1. The molecule has 0 fully saturated rings. The van der Waals surface area contributed by atoms with Crippen molar-refractivity contribution in [3.63, 3.8) is 0 Å². The van der Waals surface area contributed by atoms with Crippen LogP contribution < -0.4 is 0 Å². The van der Waals surface area contributed by atoms with E-state index in [9.17, 15) is 0 Å². The third-order valence-corrected chi connectivity index (χ3v) is 2.42. The smallest absolute Gasteiger partial charge is 0.101 e. The molecule has 0 saturated carbocycles. The Balaban J connectivity index is 2.18. The van der Waals surface area contributed by atoms with E-state index in [1.165, 1.54) is 5.56 Å². The van der Waals surface area contributed by atoms with Crippen LogP contribution in [-0.2, 0) is 4.74 Å². The Labute approximate surface area is 84.6 Å². The first-order chi connectivity index (χ1) is 6.92. The summed E-state index contributed by atoms with van der Waals surface area (Å²) < 4.78 is 5.64. The lowest BCUT2D eigenvalue weighted by atomic mass is 10.1. The van der Waals surface area contributed by atoms with E-state index in [-0.39, 0.29) is 6.10 Å². The summed E-state index contributed by atoms with van der Waals surface area (Å²) in [5, 5.41) is 0. The predicted molar refractivity (Wildman–Crippen MR) is 57.9 cm³/mol. The van der Waals surface area contributed by atoms with Gasteiger partial charge in [-0.2, -0.15) is 0 Å². The highest BCUT2D eigenvalue weighted by Crippen LogP contribution is 2.16. The molecular formula is C12H15NO. The van der Waals surface area contributed by atoms with Crippen LogP contribution in [0, 0.1) is 0 Å². The number of aliphatic imine (C=N–C) groups is 1. The van der Waals surface area contributed by atoms with Gasteiger partial charge in [0.15, 0.2) is 0 Å². The van der Waals surface area contributed by atoms with Gasteiger partial charge in [0.1, 0.15) is 6.10 Å². The fourth-order valence-corrected chi connectivity index (χ4v) is 1.79. The average molecular weight is 189 g/mol. The highest BCUT2D eigenvalue weighted by atomic mass is 16.5. The summed E-state index contributed by atoms with van der Waals surface area (Å²) >= 11 is 0. The van der Waals surface area contributed by atoms with Gasteiger partial charge in [-0.1, -0.05) is 30.3 Å². The highest BCUT2D eigenvalue weighted by Gasteiger charge is 2.21. The average Bonchev–Trinajstić information content (AvgIpc) is 2.68. The molecule has 0 spiro atoms. The molecule has 2 nitrogen and oxygen atoms in total. The van der Waals surface area contributed by atoms with E-state index in [2.05, 4.69) is 17.1 Å². The van der Waals surface area contributed by atoms with E-state index < -0.39 is 0 Å². The van der Waals surface area contributed by atoms with E-state index in [0.29, 0.717) is 0 Å². The van der Waals surface area contributed by atoms with Crippen molar-refractivity contribution in [2.24, 2.45) is 4.99 Å². The quantitative estimate of drug-likeness (QED) is 0.715. The first kappa shape index (κ1) is 9.41. The lowest BCUT2D eigenvalue weighted by molar-refractivity contribution is 0.111. The Morgan fingerprint density at radius 3 is 2.86 bits per heavy atom. The Kier molecular flexibility index (Phi) is 2.94. The third-order valence-electron chi connectivity index (χ3n) is 2.42. The number of ether oxygens (including phenoxy) is 1. The third kappa shape index (κ3) is 1.85. The molecule has 1 aliphatic rings. The summed E-state index contributed by atoms with van der Waals surface area (Å²) in [6.07, 6.45) is 1.24. The second-order valence-electron chi connectivity index (χ2n) is 3.37. The maximum absolute atomic E-state index is 5.64. The van der Waals surface area contributed by atoms with Gasteiger partial charge in [-0.05, 0) is 18.9 Å². The topological polar surface area (TPSA) is 21.6 Å². The number of hydrogen-bond acceptors (Lipinski definition) is 2. The SMILES string of the molecule is CCOC1CCN=C1c1ccccc1. The minimum atomic E-state index is 0.211. The van der Waals surface area contributed by atoms with Crippen LogP contribution in [0.3, 0.4) is 0 Å². The Morgan fingerprint density at radius 1 is 1.36 bits per heavy atom. The van der Waals surface area contributed by atoms with Crippen molar-refractivity contribution in [2.45, 2.75) is 19.4 Å². The molecule has 0 radical (unpaired) electrons. The van der Waals surface area contributed by atoms with Crippen LogP contribution in [0.1, 0.15) is 18.9 Å². The number of nitrogens with zero attached hydrogens (tertiary/aromatic N) is 1. The van der Waals surface area contributed by atoms with Crippen molar-refractivity contribution < 1.29 is 4.74 Å². The van der Waals surface area contributed by atoms with Gasteiger partial charge in [-0.25, -0.2) is 0 Å². The molecule has 0 N–H and O–H groups in total. The first-order valence-electron chi connectivity index (χ1n) is 5.13. The molecule has 1 unspecified atom stereocenters. The maximum Gasteiger partial charge on any atom is 0.101 e. The highest BCUT2D eigenvalue weighted by molar-refractivity contribution is 6.04. The second-order valence-corrected chi connectivity index (χ2v) is 3.37. The molecule has 2 heteroatoms. The van der Waals surface area contributed by atoms with E-state index in [0.717, 1.165) is 25.3 Å². The zero-order valence-electron chi connectivity index (χ0n) is 8.44. The van der Waals surface area contributed by atoms with Crippen molar-refractivity contribution in [1.29, 1.82) is 0 Å². The minimum absolute atomic E-state index is 0.211. The van der Waals surface area contributed by atoms with Crippen molar-refractivity contribution in [1.82, 2.24) is 0 Å². The van der Waals surface area contributed by atoms with Gasteiger partial charge < -0.3 is 4.74 Å². The summed E-state index contributed by atoms with van der Waals surface area (Å²) in [6, 6.07) is 10.3. The van der Waals surface area contributed by atoms with E-state index in [1.807, 2.05) is 25.1 Å². The standard InChI is InChI=1S/C12H15NO/c1-2-14-11-8-9-13-12(11)10-6-4-3-5-7-10/h3-7,11H,2,8-9H2,1H3. The molecule has 1 aliphatic heterocycles. The van der Waals surface area contributed by atoms with Crippen molar-refractivity contribution in [3.05, 3.63) is 35.9 Å². The molecular weight excluding hydrogens is 174 g/mol. The zero-order valence-corrected chi connectivity index (χ0v) is 8.44. The first-order valence-corrected chi connectivity index (χ1v) is 5.13. The number of rotatable bonds is 3. The van der Waals surface area contributed by atoms with E-state index in [1.54, 1.807) is 0 Å². The van der Waals surface area contributed by atoms with E-state index in [4.69, 9.17) is 4.74 Å². The molecule has 1 aromatic rings. The summed E-state index contributed by atoms with van der Waals surface area (Å²) in [4.78, 5) is 4.50. The van der Waals surface area contributed by atoms with Crippen LogP contribution >= 0.6 is 0 Å². The fourth-order valence-electron chi connectivity index (χ4n) is 1.79. The summed E-state index contributed by atoms with van der Waals surface area (Å²) in [6.45, 7) is 3.69. The van der Waals surface area contributed by atoms with Gasteiger partial charge in [-0.15, -0.1) is 0 Å². The summed E-state index contributed by atoms with van der Waals surface area (Å²) in [5.41, 5.74) is 2.32. The molecule has 1 aromatic carbocycles. The van der Waals surface area contributed by atoms with Gasteiger partial charge in [0.05, 0.1) is 5.71 Å². The van der Waals surface area contributed by atoms with Crippen LogP contribution in [0.25, 0.3) is 0 Å². The lowest BCUT2D eigenvalue weighted by Gasteiger charge is -2.12. The van der Waals surface area contributed by atoms with Crippen LogP contribution in [0.15, 0.2) is 35.3 Å². The normalized spacial score (nSPS) is 20.9. The zero-order chi connectivity index (χ0) is 9.80. The van der Waals surface area contributed by atoms with Gasteiger partial charge in [-0.3, -0.25) is 4.99 Å². The lowest BCUT2D eigenvalue weighted by Crippen LogP contribution is -2.21. The molecule has 0 saturated heterocycles. The van der Waals surface area contributed by atoms with Crippen molar-refractivity contribution in [2.75, 3.05) is 13.2 Å². The summed E-state index contributed by atoms with van der Waals surface area (Å²) in [5.74, 6) is 0. The summed E-state index contributed by atoms with van der Waals surface area (Å²) in [7, 11) is 0. The minimum Gasteiger partial charge on any atom is -0.372 e. The fraction of sp³-hybridized carbons (Fsp3) is 0.417. The van der Waals surface area contributed by atoms with Crippen LogP contribution in [0.4, 0.5) is 0 Å². The maximum atomic E-state index is 5.64. The molecule has 0 bridgehead atoms. The molecule has 14 heavy (non-hydrogen) atoms. The molecule has 1 atom stereocenters.